The molecule has 2 unspecified atom stereocenters. The number of sulfonamides is 1. The lowest BCUT2D eigenvalue weighted by Crippen LogP contribution is -2.66. The number of pyridine rings is 1. The van der Waals surface area contributed by atoms with E-state index in [1.807, 2.05) is 36.2 Å². The summed E-state index contributed by atoms with van der Waals surface area (Å²) in [6, 6.07) is 21.0. The maximum Gasteiger partial charge on any atom is 0.254 e. The van der Waals surface area contributed by atoms with Crippen molar-refractivity contribution in [3.8, 4) is 11.1 Å². The monoisotopic (exact) mass is 576 g/mol. The van der Waals surface area contributed by atoms with Crippen LogP contribution in [0, 0.1) is 5.21 Å². The number of rotatable bonds is 5. The lowest BCUT2D eigenvalue weighted by Gasteiger charge is -2.51. The van der Waals surface area contributed by atoms with Crippen LogP contribution < -0.4 is 10.0 Å². The topological polar surface area (TPSA) is 96.7 Å². The van der Waals surface area contributed by atoms with Crippen LogP contribution in [0.2, 0.25) is 5.02 Å². The van der Waals surface area contributed by atoms with Crippen LogP contribution in [0.25, 0.3) is 21.9 Å². The first-order valence-electron chi connectivity index (χ1n) is 13.2. The molecule has 0 spiro atoms. The zero-order valence-corrected chi connectivity index (χ0v) is 23.5. The van der Waals surface area contributed by atoms with Crippen molar-refractivity contribution in [3.63, 3.8) is 0 Å². The van der Waals surface area contributed by atoms with Gasteiger partial charge in [-0.3, -0.25) is 4.79 Å². The molecule has 1 N–H and O–H groups in total. The number of piperazine rings is 1. The van der Waals surface area contributed by atoms with E-state index >= 15 is 0 Å². The van der Waals surface area contributed by atoms with E-state index in [1.54, 1.807) is 48.5 Å². The molecule has 3 heterocycles. The van der Waals surface area contributed by atoms with Crippen LogP contribution in [-0.2, 0) is 10.0 Å². The van der Waals surface area contributed by atoms with Gasteiger partial charge in [-0.05, 0) is 78.2 Å². The van der Waals surface area contributed by atoms with Crippen molar-refractivity contribution in [2.75, 3.05) is 20.1 Å². The maximum absolute atomic E-state index is 13.8. The number of nitrogens with one attached hydrogen (secondary N) is 1. The van der Waals surface area contributed by atoms with Crippen molar-refractivity contribution in [1.29, 1.82) is 0 Å². The zero-order chi connectivity index (χ0) is 28.0. The van der Waals surface area contributed by atoms with E-state index in [2.05, 4.69) is 5.32 Å². The molecule has 2 atom stereocenters. The fraction of sp³-hybridized carbons (Fsp3) is 0.267. The molecule has 1 aromatic heterocycles. The number of aromatic nitrogens is 1. The lowest BCUT2D eigenvalue weighted by atomic mass is 9.87. The molecule has 0 saturated carbocycles. The third kappa shape index (κ3) is 4.94. The zero-order valence-electron chi connectivity index (χ0n) is 21.9. The Labute approximate surface area is 238 Å². The average molecular weight is 577 g/mol. The average Bonchev–Trinajstić information content (AvgIpc) is 2.96. The number of fused-ring (bicyclic) bond motifs is 3. The normalized spacial score (nSPS) is 21.4. The van der Waals surface area contributed by atoms with Gasteiger partial charge in [0.05, 0.1) is 4.90 Å². The molecule has 2 fully saturated rings. The van der Waals surface area contributed by atoms with Gasteiger partial charge in [0, 0.05) is 53.9 Å². The summed E-state index contributed by atoms with van der Waals surface area (Å²) in [5, 5.41) is 17.0. The molecule has 6 rings (SSSR count). The van der Waals surface area contributed by atoms with Gasteiger partial charge in [-0.25, -0.2) is 8.42 Å². The number of hydrogen-bond acceptors (Lipinski definition) is 5. The smallest absolute Gasteiger partial charge is 0.254 e. The fourth-order valence-corrected chi connectivity index (χ4v) is 7.71. The first-order chi connectivity index (χ1) is 19.2. The summed E-state index contributed by atoms with van der Waals surface area (Å²) in [6.07, 6.45) is 4.21. The fourth-order valence-electron chi connectivity index (χ4n) is 5.98. The van der Waals surface area contributed by atoms with Crippen molar-refractivity contribution in [2.45, 2.75) is 35.9 Å². The molecule has 10 heteroatoms. The maximum atomic E-state index is 13.8. The van der Waals surface area contributed by atoms with Gasteiger partial charge in [-0.15, -0.1) is 0 Å². The summed E-state index contributed by atoms with van der Waals surface area (Å²) < 4.78 is 29.8. The van der Waals surface area contributed by atoms with E-state index in [-0.39, 0.29) is 42.0 Å². The lowest BCUT2D eigenvalue weighted by molar-refractivity contribution is -0.605. The predicted octanol–water partition coefficient (Wildman–Crippen LogP) is 4.06. The summed E-state index contributed by atoms with van der Waals surface area (Å²) in [6.45, 7) is 0.470. The van der Waals surface area contributed by atoms with Crippen molar-refractivity contribution >= 4 is 38.3 Å². The Morgan fingerprint density at radius 3 is 2.15 bits per heavy atom. The van der Waals surface area contributed by atoms with E-state index in [0.717, 1.165) is 26.6 Å². The van der Waals surface area contributed by atoms with Crippen LogP contribution in [0.4, 0.5) is 0 Å². The number of carbonyl (C=O) groups excluding carboxylic acids is 1. The molecule has 3 aromatic carbocycles. The van der Waals surface area contributed by atoms with Crippen LogP contribution in [0.3, 0.4) is 0 Å². The second-order valence-corrected chi connectivity index (χ2v) is 12.9. The molecule has 2 aliphatic heterocycles. The summed E-state index contributed by atoms with van der Waals surface area (Å²) in [5.74, 6) is -0.0961. The molecule has 2 aliphatic rings. The second-order valence-electron chi connectivity index (χ2n) is 10.5. The minimum atomic E-state index is -3.76. The van der Waals surface area contributed by atoms with Gasteiger partial charge < -0.3 is 15.4 Å². The van der Waals surface area contributed by atoms with Gasteiger partial charge in [0.25, 0.3) is 5.91 Å². The van der Waals surface area contributed by atoms with Crippen molar-refractivity contribution < 1.29 is 17.9 Å². The Hall–Kier alpha value is -3.50. The van der Waals surface area contributed by atoms with Crippen LogP contribution in [-0.4, -0.2) is 61.8 Å². The van der Waals surface area contributed by atoms with Crippen molar-refractivity contribution in [2.24, 2.45) is 0 Å². The van der Waals surface area contributed by atoms with Crippen LogP contribution in [0.1, 0.15) is 23.2 Å². The number of hydrogen-bond donors (Lipinski definition) is 1. The number of halogens is 1. The molecule has 0 aliphatic carbocycles. The third-order valence-electron chi connectivity index (χ3n) is 8.05. The minimum Gasteiger partial charge on any atom is -0.619 e. The van der Waals surface area contributed by atoms with Crippen LogP contribution in [0.15, 0.2) is 90.1 Å². The van der Waals surface area contributed by atoms with E-state index < -0.39 is 10.0 Å². The SMILES string of the molecule is CNC1CC2CN(S(=O)(=O)c3ccc4cc(Cl)ccc4c3)CC(C1)N2C(=O)c1ccc(-c2cc[n+]([O-])cc2)cc1. The summed E-state index contributed by atoms with van der Waals surface area (Å²) in [7, 11) is -1.86. The van der Waals surface area contributed by atoms with Crippen molar-refractivity contribution in [1.82, 2.24) is 14.5 Å². The highest BCUT2D eigenvalue weighted by Gasteiger charge is 2.46. The molecule has 8 nitrogen and oxygen atoms in total. The van der Waals surface area contributed by atoms with E-state index in [4.69, 9.17) is 11.6 Å². The molecular weight excluding hydrogens is 548 g/mol. The number of carbonyl (C=O) groups is 1. The van der Waals surface area contributed by atoms with Gasteiger partial charge in [0.2, 0.25) is 10.0 Å². The second kappa shape index (κ2) is 10.5. The number of nitrogens with zero attached hydrogens (tertiary/aromatic N) is 3. The van der Waals surface area contributed by atoms with Gasteiger partial charge in [0.1, 0.15) is 0 Å². The third-order valence-corrected chi connectivity index (χ3v) is 10.1. The molecule has 4 aromatic rings. The standard InChI is InChI=1S/C30H29ClN4O4S/c1-32-26-16-27-18-34(40(38,39)29-9-7-23-14-25(31)8-6-24(23)15-29)19-28(17-26)35(27)30(36)22-4-2-20(3-5-22)21-10-12-33(37)13-11-21/h2-15,26-28,32H,16-19H2,1H3. The highest BCUT2D eigenvalue weighted by molar-refractivity contribution is 7.89. The Kier molecular flexibility index (Phi) is 7.00. The Morgan fingerprint density at radius 1 is 0.900 bits per heavy atom. The Morgan fingerprint density at radius 2 is 1.50 bits per heavy atom. The quantitative estimate of drug-likeness (QED) is 0.285. The van der Waals surface area contributed by atoms with Gasteiger partial charge >= 0.3 is 0 Å². The van der Waals surface area contributed by atoms with E-state index in [0.29, 0.717) is 23.4 Å². The first-order valence-corrected chi connectivity index (χ1v) is 15.0. The highest BCUT2D eigenvalue weighted by atomic mass is 35.5. The predicted molar refractivity (Wildman–Crippen MR) is 154 cm³/mol. The molecule has 40 heavy (non-hydrogen) atoms. The van der Waals surface area contributed by atoms with Crippen LogP contribution >= 0.6 is 11.6 Å². The summed E-state index contributed by atoms with van der Waals surface area (Å²) in [5.41, 5.74) is 2.34. The van der Waals surface area contributed by atoms with E-state index in [1.165, 1.54) is 16.7 Å². The van der Waals surface area contributed by atoms with Crippen LogP contribution in [0.5, 0.6) is 0 Å². The van der Waals surface area contributed by atoms with Crippen molar-refractivity contribution in [3.05, 3.63) is 101 Å². The molecule has 0 radical (unpaired) electrons. The number of amides is 1. The first kappa shape index (κ1) is 26.7. The van der Waals surface area contributed by atoms with Gasteiger partial charge in [0.15, 0.2) is 12.4 Å². The Balaban J connectivity index is 1.25. The molecule has 206 valence electrons. The van der Waals surface area contributed by atoms with Gasteiger partial charge in [-0.2, -0.15) is 9.04 Å². The Bertz CT molecular complexity index is 1660. The minimum absolute atomic E-state index is 0.0961. The molecule has 2 saturated heterocycles. The number of piperidine rings is 1. The molecular formula is C30H29ClN4O4S. The summed E-state index contributed by atoms with van der Waals surface area (Å²) in [4.78, 5) is 15.9. The molecule has 1 amide bonds. The largest absolute Gasteiger partial charge is 0.619 e. The van der Waals surface area contributed by atoms with E-state index in [9.17, 15) is 18.4 Å². The number of benzene rings is 3. The molecule has 2 bridgehead atoms. The van der Waals surface area contributed by atoms with Gasteiger partial charge in [-0.1, -0.05) is 35.9 Å². The highest BCUT2D eigenvalue weighted by Crippen LogP contribution is 2.34. The summed E-state index contributed by atoms with van der Waals surface area (Å²) >= 11 is 6.10.